The molecule has 0 saturated carbocycles. The maximum absolute atomic E-state index is 12.5. The molecule has 0 fully saturated rings. The van der Waals surface area contributed by atoms with Crippen molar-refractivity contribution in [2.24, 2.45) is 0 Å². The number of pyridine rings is 1. The summed E-state index contributed by atoms with van der Waals surface area (Å²) in [4.78, 5) is 7.08. The predicted octanol–water partition coefficient (Wildman–Crippen LogP) is 4.90. The Morgan fingerprint density at radius 3 is 2.45 bits per heavy atom. The number of aromatic amines is 1. The first kappa shape index (κ1) is 13.0. The van der Waals surface area contributed by atoms with E-state index in [1.165, 1.54) is 18.3 Å². The third-order valence-corrected chi connectivity index (χ3v) is 3.23. The number of nitrogens with zero attached hydrogens (tertiary/aromatic N) is 1. The number of hydrogen-bond donors (Lipinski definition) is 1. The van der Waals surface area contributed by atoms with Crippen LogP contribution in [-0.4, -0.2) is 9.97 Å². The van der Waals surface area contributed by atoms with E-state index < -0.39 is 11.7 Å². The van der Waals surface area contributed by atoms with Crippen LogP contribution in [0.15, 0.2) is 42.7 Å². The number of alkyl halides is 3. The Balaban J connectivity index is 2.09. The van der Waals surface area contributed by atoms with Gasteiger partial charge in [-0.25, -0.2) is 4.98 Å². The molecule has 2 nitrogen and oxygen atoms in total. The molecule has 0 aliphatic carbocycles. The Morgan fingerprint density at radius 2 is 1.80 bits per heavy atom. The lowest BCUT2D eigenvalue weighted by atomic mass is 10.0. The fraction of sp³-hybridized carbons (Fsp3) is 0.0714. The number of H-pyrrole nitrogens is 1. The normalized spacial score (nSPS) is 12.0. The number of fused-ring (bicyclic) bond motifs is 1. The fourth-order valence-corrected chi connectivity index (χ4v) is 2.21. The van der Waals surface area contributed by atoms with Crippen molar-refractivity contribution in [2.45, 2.75) is 6.18 Å². The lowest BCUT2D eigenvalue weighted by Gasteiger charge is -2.07. The molecule has 0 radical (unpaired) electrons. The summed E-state index contributed by atoms with van der Waals surface area (Å²) in [6.07, 6.45) is -1.11. The van der Waals surface area contributed by atoms with Crippen molar-refractivity contribution in [3.63, 3.8) is 0 Å². The Morgan fingerprint density at radius 1 is 1.10 bits per heavy atom. The van der Waals surface area contributed by atoms with Crippen molar-refractivity contribution in [3.8, 4) is 11.1 Å². The maximum atomic E-state index is 12.5. The Hall–Kier alpha value is -2.01. The predicted molar refractivity (Wildman–Crippen MR) is 71.5 cm³/mol. The van der Waals surface area contributed by atoms with E-state index in [1.807, 2.05) is 0 Å². The molecule has 20 heavy (non-hydrogen) atoms. The van der Waals surface area contributed by atoms with Gasteiger partial charge in [-0.15, -0.1) is 0 Å². The second-order valence-electron chi connectivity index (χ2n) is 4.33. The zero-order valence-corrected chi connectivity index (χ0v) is 10.8. The van der Waals surface area contributed by atoms with Gasteiger partial charge in [0.1, 0.15) is 5.65 Å². The van der Waals surface area contributed by atoms with Gasteiger partial charge >= 0.3 is 6.18 Å². The van der Waals surface area contributed by atoms with Crippen molar-refractivity contribution >= 4 is 22.6 Å². The number of hydrogen-bond acceptors (Lipinski definition) is 1. The quantitative estimate of drug-likeness (QED) is 0.679. The molecule has 3 rings (SSSR count). The molecule has 102 valence electrons. The number of rotatable bonds is 1. The number of benzene rings is 1. The van der Waals surface area contributed by atoms with Crippen LogP contribution in [0.1, 0.15) is 5.56 Å². The van der Waals surface area contributed by atoms with Gasteiger partial charge in [0.05, 0.1) is 10.6 Å². The summed E-state index contributed by atoms with van der Waals surface area (Å²) in [6.45, 7) is 0. The minimum Gasteiger partial charge on any atom is -0.346 e. The van der Waals surface area contributed by atoms with Gasteiger partial charge in [-0.05, 0) is 23.8 Å². The molecule has 6 heteroatoms. The molecule has 1 aromatic carbocycles. The van der Waals surface area contributed by atoms with Gasteiger partial charge in [0, 0.05) is 23.3 Å². The van der Waals surface area contributed by atoms with Crippen molar-refractivity contribution in [2.75, 3.05) is 0 Å². The average Bonchev–Trinajstić information content (AvgIpc) is 2.81. The van der Waals surface area contributed by atoms with Crippen LogP contribution < -0.4 is 0 Å². The summed E-state index contributed by atoms with van der Waals surface area (Å²) < 4.78 is 37.6. The summed E-state index contributed by atoms with van der Waals surface area (Å²) in [5, 5.41) is 1.25. The zero-order chi connectivity index (χ0) is 14.3. The van der Waals surface area contributed by atoms with Crippen molar-refractivity contribution in [1.82, 2.24) is 9.97 Å². The molecule has 0 bridgehead atoms. The fourth-order valence-electron chi connectivity index (χ4n) is 2.06. The Labute approximate surface area is 117 Å². The van der Waals surface area contributed by atoms with Crippen LogP contribution in [0.5, 0.6) is 0 Å². The van der Waals surface area contributed by atoms with Crippen molar-refractivity contribution in [3.05, 3.63) is 53.3 Å². The van der Waals surface area contributed by atoms with E-state index in [0.29, 0.717) is 16.2 Å². The number of aromatic nitrogens is 2. The molecule has 2 heterocycles. The molecular formula is C14H8ClF3N2. The molecule has 3 aromatic rings. The third kappa shape index (κ3) is 2.25. The van der Waals surface area contributed by atoms with E-state index in [-0.39, 0.29) is 0 Å². The van der Waals surface area contributed by atoms with Gasteiger partial charge in [-0.3, -0.25) is 0 Å². The molecule has 0 spiro atoms. The minimum absolute atomic E-state index is 0.477. The zero-order valence-electron chi connectivity index (χ0n) is 10.0. The van der Waals surface area contributed by atoms with Gasteiger partial charge in [0.2, 0.25) is 0 Å². The highest BCUT2D eigenvalue weighted by molar-refractivity contribution is 6.31. The first-order valence-electron chi connectivity index (χ1n) is 5.75. The van der Waals surface area contributed by atoms with Gasteiger partial charge < -0.3 is 4.98 Å². The first-order valence-corrected chi connectivity index (χ1v) is 6.13. The molecule has 0 saturated heterocycles. The SMILES string of the molecule is FC(F)(F)c1ccc(-c2c[nH]c3ncc(Cl)cc23)cc1. The summed E-state index contributed by atoms with van der Waals surface area (Å²) >= 11 is 5.89. The maximum Gasteiger partial charge on any atom is 0.416 e. The van der Waals surface area contributed by atoms with E-state index >= 15 is 0 Å². The van der Waals surface area contributed by atoms with E-state index in [2.05, 4.69) is 9.97 Å². The van der Waals surface area contributed by atoms with E-state index in [0.717, 1.165) is 23.1 Å². The van der Waals surface area contributed by atoms with Crippen LogP contribution in [0.3, 0.4) is 0 Å². The lowest BCUT2D eigenvalue weighted by Crippen LogP contribution is -2.03. The average molecular weight is 297 g/mol. The van der Waals surface area contributed by atoms with Gasteiger partial charge in [0.15, 0.2) is 0 Å². The Bertz CT molecular complexity index is 760. The molecule has 0 atom stereocenters. The molecule has 0 amide bonds. The third-order valence-electron chi connectivity index (χ3n) is 3.02. The number of nitrogens with one attached hydrogen (secondary N) is 1. The van der Waals surface area contributed by atoms with Crippen LogP contribution in [0, 0.1) is 0 Å². The van der Waals surface area contributed by atoms with Gasteiger partial charge in [0.25, 0.3) is 0 Å². The van der Waals surface area contributed by atoms with Crippen LogP contribution in [0.25, 0.3) is 22.2 Å². The highest BCUT2D eigenvalue weighted by atomic mass is 35.5. The summed E-state index contributed by atoms with van der Waals surface area (Å²) in [5.74, 6) is 0. The highest BCUT2D eigenvalue weighted by Gasteiger charge is 2.30. The topological polar surface area (TPSA) is 28.7 Å². The van der Waals surface area contributed by atoms with E-state index in [9.17, 15) is 13.2 Å². The second kappa shape index (κ2) is 4.52. The molecule has 0 unspecified atom stereocenters. The van der Waals surface area contributed by atoms with Gasteiger partial charge in [-0.1, -0.05) is 23.7 Å². The molecule has 1 N–H and O–H groups in total. The molecule has 2 aromatic heterocycles. The van der Waals surface area contributed by atoms with Crippen LogP contribution in [-0.2, 0) is 6.18 Å². The van der Waals surface area contributed by atoms with Crippen molar-refractivity contribution in [1.29, 1.82) is 0 Å². The highest BCUT2D eigenvalue weighted by Crippen LogP contribution is 2.33. The van der Waals surface area contributed by atoms with Gasteiger partial charge in [-0.2, -0.15) is 13.2 Å². The van der Waals surface area contributed by atoms with Crippen LogP contribution in [0.2, 0.25) is 5.02 Å². The smallest absolute Gasteiger partial charge is 0.346 e. The summed E-state index contributed by atoms with van der Waals surface area (Å²) in [7, 11) is 0. The summed E-state index contributed by atoms with van der Waals surface area (Å²) in [6, 6.07) is 6.73. The lowest BCUT2D eigenvalue weighted by molar-refractivity contribution is -0.137. The first-order chi connectivity index (χ1) is 9.45. The van der Waals surface area contributed by atoms with E-state index in [1.54, 1.807) is 12.3 Å². The Kier molecular flexibility index (Phi) is 2.94. The standard InChI is InChI=1S/C14H8ClF3N2/c15-10-5-11-12(7-20-13(11)19-6-10)8-1-3-9(4-2-8)14(16,17)18/h1-7H,(H,19,20). The second-order valence-corrected chi connectivity index (χ2v) is 4.76. The molecular weight excluding hydrogens is 289 g/mol. The monoisotopic (exact) mass is 296 g/mol. The van der Waals surface area contributed by atoms with Crippen LogP contribution in [0.4, 0.5) is 13.2 Å². The molecule has 0 aliphatic heterocycles. The summed E-state index contributed by atoms with van der Waals surface area (Å²) in [5.41, 5.74) is 1.42. The van der Waals surface area contributed by atoms with Crippen molar-refractivity contribution < 1.29 is 13.2 Å². The molecule has 0 aliphatic rings. The van der Waals surface area contributed by atoms with E-state index in [4.69, 9.17) is 11.6 Å². The minimum atomic E-state index is -4.33. The largest absolute Gasteiger partial charge is 0.416 e. The number of halogens is 4. The van der Waals surface area contributed by atoms with Crippen LogP contribution >= 0.6 is 11.6 Å².